The molecule has 0 aromatic heterocycles. The van der Waals surface area contributed by atoms with Crippen molar-refractivity contribution in [3.8, 4) is 0 Å². The molecule has 0 bridgehead atoms. The third-order valence-corrected chi connectivity index (χ3v) is 4.97. The van der Waals surface area contributed by atoms with Gasteiger partial charge in [0.1, 0.15) is 0 Å². The molecule has 3 rings (SSSR count). The topological polar surface area (TPSA) is 36.0 Å². The molecule has 5 nitrogen and oxygen atoms in total. The first-order valence-electron chi connectivity index (χ1n) is 9.15. The van der Waals surface area contributed by atoms with Gasteiger partial charge in [-0.05, 0) is 24.9 Å². The number of benzene rings is 1. The minimum atomic E-state index is 0.279. The minimum Gasteiger partial charge on any atom is -0.379 e. The Kier molecular flexibility index (Phi) is 6.64. The quantitative estimate of drug-likeness (QED) is 0.782. The van der Waals surface area contributed by atoms with E-state index in [2.05, 4.69) is 40.1 Å². The molecule has 0 spiro atoms. The molecule has 1 aromatic rings. The molecule has 2 aliphatic rings. The van der Waals surface area contributed by atoms with Gasteiger partial charge in [0, 0.05) is 39.3 Å². The van der Waals surface area contributed by atoms with Gasteiger partial charge in [-0.2, -0.15) is 0 Å². The lowest BCUT2D eigenvalue weighted by Crippen LogP contribution is -2.52. The van der Waals surface area contributed by atoms with E-state index < -0.39 is 0 Å². The molecule has 1 amide bonds. The van der Waals surface area contributed by atoms with Crippen LogP contribution in [0.4, 0.5) is 0 Å². The van der Waals surface area contributed by atoms with Crippen molar-refractivity contribution in [3.63, 3.8) is 0 Å². The van der Waals surface area contributed by atoms with E-state index in [1.165, 1.54) is 12.0 Å². The molecule has 2 heterocycles. The van der Waals surface area contributed by atoms with Crippen LogP contribution >= 0.6 is 0 Å². The number of rotatable bonds is 6. The van der Waals surface area contributed by atoms with Crippen molar-refractivity contribution >= 4 is 5.91 Å². The molecule has 0 saturated carbocycles. The van der Waals surface area contributed by atoms with Crippen molar-refractivity contribution in [1.29, 1.82) is 0 Å². The van der Waals surface area contributed by atoms with E-state index in [0.717, 1.165) is 65.4 Å². The fourth-order valence-electron chi connectivity index (χ4n) is 3.42. The van der Waals surface area contributed by atoms with Crippen LogP contribution in [0.1, 0.15) is 12.0 Å². The number of hydrogen-bond acceptors (Lipinski definition) is 4. The van der Waals surface area contributed by atoms with Crippen molar-refractivity contribution in [2.75, 3.05) is 65.6 Å². The molecule has 1 aromatic carbocycles. The van der Waals surface area contributed by atoms with Gasteiger partial charge in [-0.15, -0.1) is 0 Å². The van der Waals surface area contributed by atoms with E-state index in [9.17, 15) is 4.79 Å². The maximum absolute atomic E-state index is 12.4. The average Bonchev–Trinajstić information content (AvgIpc) is 2.64. The molecule has 0 unspecified atom stereocenters. The molecule has 0 radical (unpaired) electrons. The Labute approximate surface area is 145 Å². The Morgan fingerprint density at radius 1 is 0.917 bits per heavy atom. The number of hydrogen-bond donors (Lipinski definition) is 0. The van der Waals surface area contributed by atoms with E-state index in [1.807, 2.05) is 4.90 Å². The molecule has 0 N–H and O–H groups in total. The van der Waals surface area contributed by atoms with Crippen molar-refractivity contribution in [3.05, 3.63) is 35.9 Å². The predicted octanol–water partition coefficient (Wildman–Crippen LogP) is 1.10. The molecule has 132 valence electrons. The maximum atomic E-state index is 12.4. The Balaban J connectivity index is 1.32. The normalized spacial score (nSPS) is 20.2. The van der Waals surface area contributed by atoms with E-state index in [0.29, 0.717) is 6.54 Å². The second-order valence-corrected chi connectivity index (χ2v) is 6.70. The van der Waals surface area contributed by atoms with Crippen LogP contribution in [0.25, 0.3) is 0 Å². The molecule has 24 heavy (non-hydrogen) atoms. The highest BCUT2D eigenvalue weighted by atomic mass is 16.5. The average molecular weight is 331 g/mol. The van der Waals surface area contributed by atoms with Gasteiger partial charge >= 0.3 is 0 Å². The van der Waals surface area contributed by atoms with Crippen LogP contribution in [0.15, 0.2) is 30.3 Å². The van der Waals surface area contributed by atoms with Crippen molar-refractivity contribution in [1.82, 2.24) is 14.7 Å². The molecule has 0 aliphatic carbocycles. The fourth-order valence-corrected chi connectivity index (χ4v) is 3.42. The Bertz CT molecular complexity index is 495. The van der Waals surface area contributed by atoms with Crippen LogP contribution in [0.5, 0.6) is 0 Å². The summed E-state index contributed by atoms with van der Waals surface area (Å²) in [6, 6.07) is 10.7. The summed E-state index contributed by atoms with van der Waals surface area (Å²) < 4.78 is 5.34. The van der Waals surface area contributed by atoms with Crippen molar-refractivity contribution < 1.29 is 9.53 Å². The Morgan fingerprint density at radius 3 is 2.33 bits per heavy atom. The van der Waals surface area contributed by atoms with Gasteiger partial charge in [0.05, 0.1) is 19.8 Å². The SMILES string of the molecule is O=C(CN1CCOCC1)N1CCN(CCCc2ccccc2)CC1. The molecule has 2 fully saturated rings. The zero-order valence-corrected chi connectivity index (χ0v) is 14.5. The summed E-state index contributed by atoms with van der Waals surface area (Å²) in [6.45, 7) is 8.69. The monoisotopic (exact) mass is 331 g/mol. The van der Waals surface area contributed by atoms with Crippen LogP contribution < -0.4 is 0 Å². The summed E-state index contributed by atoms with van der Waals surface area (Å²) in [7, 11) is 0. The third kappa shape index (κ3) is 5.30. The number of carbonyl (C=O) groups excluding carboxylic acids is 1. The predicted molar refractivity (Wildman–Crippen MR) is 95.0 cm³/mol. The van der Waals surface area contributed by atoms with Gasteiger partial charge in [0.2, 0.25) is 5.91 Å². The molecular weight excluding hydrogens is 302 g/mol. The minimum absolute atomic E-state index is 0.279. The first-order valence-corrected chi connectivity index (χ1v) is 9.15. The van der Waals surface area contributed by atoms with Gasteiger partial charge in [-0.1, -0.05) is 30.3 Å². The van der Waals surface area contributed by atoms with E-state index in [1.54, 1.807) is 0 Å². The van der Waals surface area contributed by atoms with Gasteiger partial charge in [0.15, 0.2) is 0 Å². The summed E-state index contributed by atoms with van der Waals surface area (Å²) in [5.41, 5.74) is 1.41. The zero-order valence-electron chi connectivity index (χ0n) is 14.5. The van der Waals surface area contributed by atoms with Crippen LogP contribution in [0.3, 0.4) is 0 Å². The highest BCUT2D eigenvalue weighted by Crippen LogP contribution is 2.07. The van der Waals surface area contributed by atoms with Crippen molar-refractivity contribution in [2.24, 2.45) is 0 Å². The third-order valence-electron chi connectivity index (χ3n) is 4.97. The number of amides is 1. The van der Waals surface area contributed by atoms with Gasteiger partial charge in [-0.3, -0.25) is 14.6 Å². The van der Waals surface area contributed by atoms with Gasteiger partial charge in [0.25, 0.3) is 0 Å². The summed E-state index contributed by atoms with van der Waals surface area (Å²) >= 11 is 0. The number of ether oxygens (including phenoxy) is 1. The molecule has 2 saturated heterocycles. The lowest BCUT2D eigenvalue weighted by Gasteiger charge is -2.36. The van der Waals surface area contributed by atoms with Crippen LogP contribution in [0, 0.1) is 0 Å². The lowest BCUT2D eigenvalue weighted by atomic mass is 10.1. The summed E-state index contributed by atoms with van der Waals surface area (Å²) in [4.78, 5) is 19.1. The fraction of sp³-hybridized carbons (Fsp3) is 0.632. The second kappa shape index (κ2) is 9.16. The van der Waals surface area contributed by atoms with E-state index in [-0.39, 0.29) is 5.91 Å². The maximum Gasteiger partial charge on any atom is 0.236 e. The molecular formula is C19H29N3O2. The van der Waals surface area contributed by atoms with E-state index in [4.69, 9.17) is 4.74 Å². The van der Waals surface area contributed by atoms with E-state index >= 15 is 0 Å². The van der Waals surface area contributed by atoms with Crippen LogP contribution in [-0.4, -0.2) is 86.2 Å². The number of piperazine rings is 1. The van der Waals surface area contributed by atoms with Gasteiger partial charge < -0.3 is 9.64 Å². The molecule has 2 aliphatic heterocycles. The highest BCUT2D eigenvalue weighted by molar-refractivity contribution is 5.78. The summed E-state index contributed by atoms with van der Waals surface area (Å²) in [5, 5.41) is 0. The van der Waals surface area contributed by atoms with Crippen LogP contribution in [0.2, 0.25) is 0 Å². The largest absolute Gasteiger partial charge is 0.379 e. The molecule has 5 heteroatoms. The number of morpholine rings is 1. The lowest BCUT2D eigenvalue weighted by molar-refractivity contribution is -0.135. The Morgan fingerprint density at radius 2 is 1.62 bits per heavy atom. The Hall–Kier alpha value is -1.43. The molecule has 0 atom stereocenters. The zero-order chi connectivity index (χ0) is 16.6. The number of aryl methyl sites for hydroxylation is 1. The highest BCUT2D eigenvalue weighted by Gasteiger charge is 2.23. The second-order valence-electron chi connectivity index (χ2n) is 6.70. The smallest absolute Gasteiger partial charge is 0.236 e. The van der Waals surface area contributed by atoms with Gasteiger partial charge in [-0.25, -0.2) is 0 Å². The number of nitrogens with zero attached hydrogens (tertiary/aromatic N) is 3. The number of carbonyl (C=O) groups is 1. The van der Waals surface area contributed by atoms with Crippen molar-refractivity contribution in [2.45, 2.75) is 12.8 Å². The standard InChI is InChI=1S/C19H29N3O2/c23-19(17-21-13-15-24-16-14-21)22-11-9-20(10-12-22)8-4-7-18-5-2-1-3-6-18/h1-3,5-6H,4,7-17H2. The summed E-state index contributed by atoms with van der Waals surface area (Å²) in [5.74, 6) is 0.279. The first-order chi connectivity index (χ1) is 11.8. The summed E-state index contributed by atoms with van der Waals surface area (Å²) in [6.07, 6.45) is 2.32. The first kappa shape index (κ1) is 17.4. The van der Waals surface area contributed by atoms with Crippen LogP contribution in [-0.2, 0) is 16.0 Å².